The van der Waals surface area contributed by atoms with Gasteiger partial charge in [0.1, 0.15) is 17.1 Å². The molecule has 0 amide bonds. The van der Waals surface area contributed by atoms with Crippen LogP contribution in [0.3, 0.4) is 0 Å². The average molecular weight is 433 g/mol. The van der Waals surface area contributed by atoms with Crippen molar-refractivity contribution in [3.63, 3.8) is 0 Å². The zero-order valence-corrected chi connectivity index (χ0v) is 18.4. The lowest BCUT2D eigenvalue weighted by Crippen LogP contribution is -2.23. The molecular weight excluding hydrogens is 404 g/mol. The largest absolute Gasteiger partial charge is 0.496 e. The Balaban J connectivity index is 1.65. The van der Waals surface area contributed by atoms with Gasteiger partial charge in [0.2, 0.25) is 5.95 Å². The molecular formula is C25H28N4O3. The molecule has 2 N–H and O–H groups in total. The van der Waals surface area contributed by atoms with Gasteiger partial charge < -0.3 is 20.1 Å². The molecule has 1 aromatic heterocycles. The van der Waals surface area contributed by atoms with E-state index in [0.717, 1.165) is 29.8 Å². The first-order valence-electron chi connectivity index (χ1n) is 10.9. The van der Waals surface area contributed by atoms with Crippen LogP contribution in [0.15, 0.2) is 54.6 Å². The number of carbonyl (C=O) groups excluding carboxylic acids is 1. The number of esters is 1. The van der Waals surface area contributed by atoms with Gasteiger partial charge in [0.05, 0.1) is 19.9 Å². The van der Waals surface area contributed by atoms with Crippen LogP contribution in [0.5, 0.6) is 5.75 Å². The van der Waals surface area contributed by atoms with Crippen molar-refractivity contribution in [3.8, 4) is 17.0 Å². The molecule has 7 nitrogen and oxygen atoms in total. The van der Waals surface area contributed by atoms with Gasteiger partial charge in [-0.3, -0.25) is 0 Å². The summed E-state index contributed by atoms with van der Waals surface area (Å²) < 4.78 is 10.2. The second kappa shape index (κ2) is 10.1. The zero-order valence-electron chi connectivity index (χ0n) is 18.4. The number of methoxy groups -OCH3 is 2. The minimum absolute atomic E-state index is 0.368. The third kappa shape index (κ3) is 5.17. The quantitative estimate of drug-likeness (QED) is 0.482. The van der Waals surface area contributed by atoms with E-state index in [9.17, 15) is 4.79 Å². The highest BCUT2D eigenvalue weighted by molar-refractivity contribution is 5.93. The number of nitrogens with zero attached hydrogens (tertiary/aromatic N) is 2. The van der Waals surface area contributed by atoms with Crippen LogP contribution in [0.4, 0.5) is 17.5 Å². The SMILES string of the molecule is COC(=O)c1ccc(Nc2cc(-c3ccccc3)nc(NC3CCCCC3)n2)cc1OC. The van der Waals surface area contributed by atoms with Crippen molar-refractivity contribution in [2.45, 2.75) is 38.1 Å². The Kier molecular flexibility index (Phi) is 6.84. The summed E-state index contributed by atoms with van der Waals surface area (Å²) in [5.74, 6) is 1.25. The lowest BCUT2D eigenvalue weighted by molar-refractivity contribution is 0.0597. The van der Waals surface area contributed by atoms with Crippen molar-refractivity contribution in [2.75, 3.05) is 24.9 Å². The van der Waals surface area contributed by atoms with Crippen molar-refractivity contribution < 1.29 is 14.3 Å². The van der Waals surface area contributed by atoms with Gasteiger partial charge in [-0.15, -0.1) is 0 Å². The Morgan fingerprint density at radius 2 is 1.75 bits per heavy atom. The molecule has 4 rings (SSSR count). The molecule has 1 fully saturated rings. The average Bonchev–Trinajstić information content (AvgIpc) is 2.84. The Morgan fingerprint density at radius 1 is 0.969 bits per heavy atom. The smallest absolute Gasteiger partial charge is 0.341 e. The third-order valence-corrected chi connectivity index (χ3v) is 5.61. The standard InChI is InChI=1S/C25H28N4O3/c1-31-22-15-19(13-14-20(22)24(30)32-2)26-23-16-21(17-9-5-3-6-10-17)28-25(29-23)27-18-11-7-4-8-12-18/h3,5-6,9-10,13-16,18H,4,7-8,11-12H2,1-2H3,(H2,26,27,28,29). The van der Waals surface area contributed by atoms with Gasteiger partial charge in [0, 0.05) is 29.4 Å². The van der Waals surface area contributed by atoms with Gasteiger partial charge in [-0.05, 0) is 25.0 Å². The van der Waals surface area contributed by atoms with E-state index in [2.05, 4.69) is 10.6 Å². The molecule has 166 valence electrons. The number of benzene rings is 2. The molecule has 7 heteroatoms. The van der Waals surface area contributed by atoms with E-state index < -0.39 is 5.97 Å². The zero-order chi connectivity index (χ0) is 22.3. The molecule has 0 atom stereocenters. The molecule has 0 bridgehead atoms. The predicted molar refractivity (Wildman–Crippen MR) is 126 cm³/mol. The first-order chi connectivity index (χ1) is 15.7. The Labute approximate surface area is 188 Å². The summed E-state index contributed by atoms with van der Waals surface area (Å²) in [4.78, 5) is 21.4. The van der Waals surface area contributed by atoms with E-state index in [1.807, 2.05) is 36.4 Å². The topological polar surface area (TPSA) is 85.4 Å². The van der Waals surface area contributed by atoms with E-state index in [1.54, 1.807) is 18.2 Å². The van der Waals surface area contributed by atoms with Crippen molar-refractivity contribution in [3.05, 3.63) is 60.2 Å². The summed E-state index contributed by atoms with van der Waals surface area (Å²) in [6.45, 7) is 0. The van der Waals surface area contributed by atoms with Gasteiger partial charge in [0.25, 0.3) is 0 Å². The number of rotatable bonds is 7. The minimum atomic E-state index is -0.444. The van der Waals surface area contributed by atoms with Crippen LogP contribution in [-0.2, 0) is 4.74 Å². The maximum absolute atomic E-state index is 11.9. The van der Waals surface area contributed by atoms with E-state index in [0.29, 0.717) is 29.1 Å². The summed E-state index contributed by atoms with van der Waals surface area (Å²) >= 11 is 0. The van der Waals surface area contributed by atoms with E-state index in [-0.39, 0.29) is 0 Å². The maximum Gasteiger partial charge on any atom is 0.341 e. The fraction of sp³-hybridized carbons (Fsp3) is 0.320. The van der Waals surface area contributed by atoms with Gasteiger partial charge >= 0.3 is 5.97 Å². The maximum atomic E-state index is 11.9. The second-order valence-corrected chi connectivity index (χ2v) is 7.84. The molecule has 1 heterocycles. The van der Waals surface area contributed by atoms with E-state index in [1.165, 1.54) is 33.5 Å². The monoisotopic (exact) mass is 432 g/mol. The van der Waals surface area contributed by atoms with Crippen LogP contribution in [0.2, 0.25) is 0 Å². The number of ether oxygens (including phenoxy) is 2. The molecule has 3 aromatic rings. The van der Waals surface area contributed by atoms with Crippen LogP contribution in [0.1, 0.15) is 42.5 Å². The Bertz CT molecular complexity index is 1070. The van der Waals surface area contributed by atoms with Crippen LogP contribution in [0, 0.1) is 0 Å². The molecule has 1 aliphatic rings. The van der Waals surface area contributed by atoms with Crippen LogP contribution >= 0.6 is 0 Å². The number of nitrogens with one attached hydrogen (secondary N) is 2. The van der Waals surface area contributed by atoms with Crippen molar-refractivity contribution in [1.29, 1.82) is 0 Å². The van der Waals surface area contributed by atoms with E-state index >= 15 is 0 Å². The summed E-state index contributed by atoms with van der Waals surface area (Å²) in [5, 5.41) is 6.85. The minimum Gasteiger partial charge on any atom is -0.496 e. The fourth-order valence-electron chi connectivity index (χ4n) is 3.96. The van der Waals surface area contributed by atoms with Gasteiger partial charge in [0.15, 0.2) is 0 Å². The van der Waals surface area contributed by atoms with Gasteiger partial charge in [-0.25, -0.2) is 9.78 Å². The highest BCUT2D eigenvalue weighted by Crippen LogP contribution is 2.29. The number of hydrogen-bond donors (Lipinski definition) is 2. The molecule has 0 unspecified atom stereocenters. The van der Waals surface area contributed by atoms with Crippen molar-refractivity contribution >= 4 is 23.4 Å². The lowest BCUT2D eigenvalue weighted by atomic mass is 9.96. The fourth-order valence-corrected chi connectivity index (χ4v) is 3.96. The Hall–Kier alpha value is -3.61. The predicted octanol–water partition coefficient (Wildman–Crippen LogP) is 5.43. The van der Waals surface area contributed by atoms with E-state index in [4.69, 9.17) is 19.4 Å². The first kappa shape index (κ1) is 21.6. The summed E-state index contributed by atoms with van der Waals surface area (Å²) in [7, 11) is 2.87. The molecule has 0 spiro atoms. The molecule has 1 saturated carbocycles. The normalized spacial score (nSPS) is 13.9. The second-order valence-electron chi connectivity index (χ2n) is 7.84. The summed E-state index contributed by atoms with van der Waals surface area (Å²) in [6, 6.07) is 17.6. The number of hydrogen-bond acceptors (Lipinski definition) is 7. The van der Waals surface area contributed by atoms with Gasteiger partial charge in [-0.1, -0.05) is 49.6 Å². The molecule has 0 aliphatic heterocycles. The van der Waals surface area contributed by atoms with Crippen LogP contribution in [-0.4, -0.2) is 36.2 Å². The molecule has 0 radical (unpaired) electrons. The number of anilines is 3. The summed E-state index contributed by atoms with van der Waals surface area (Å²) in [6.07, 6.45) is 6.02. The highest BCUT2D eigenvalue weighted by atomic mass is 16.5. The first-order valence-corrected chi connectivity index (χ1v) is 10.9. The molecule has 0 saturated heterocycles. The van der Waals surface area contributed by atoms with Crippen LogP contribution in [0.25, 0.3) is 11.3 Å². The number of aromatic nitrogens is 2. The summed E-state index contributed by atoms with van der Waals surface area (Å²) in [5.41, 5.74) is 2.96. The molecule has 1 aliphatic carbocycles. The third-order valence-electron chi connectivity index (χ3n) is 5.61. The van der Waals surface area contributed by atoms with Crippen LogP contribution < -0.4 is 15.4 Å². The Morgan fingerprint density at radius 3 is 2.47 bits per heavy atom. The number of carbonyl (C=O) groups is 1. The lowest BCUT2D eigenvalue weighted by Gasteiger charge is -2.23. The van der Waals surface area contributed by atoms with Gasteiger partial charge in [-0.2, -0.15) is 4.98 Å². The molecule has 2 aromatic carbocycles. The van der Waals surface area contributed by atoms with Crippen molar-refractivity contribution in [2.24, 2.45) is 0 Å². The highest BCUT2D eigenvalue weighted by Gasteiger charge is 2.17. The van der Waals surface area contributed by atoms with Crippen molar-refractivity contribution in [1.82, 2.24) is 9.97 Å². The molecule has 32 heavy (non-hydrogen) atoms.